The van der Waals surface area contributed by atoms with Gasteiger partial charge in [0.25, 0.3) is 0 Å². The van der Waals surface area contributed by atoms with Gasteiger partial charge in [-0.05, 0) is 11.8 Å². The van der Waals surface area contributed by atoms with Gasteiger partial charge in [0.2, 0.25) is 0 Å². The highest BCUT2D eigenvalue weighted by atomic mass is 15.4. The molecular weight excluding hydrogens is 126 g/mol. The van der Waals surface area contributed by atoms with Crippen molar-refractivity contribution >= 4 is 0 Å². The van der Waals surface area contributed by atoms with E-state index in [0.29, 0.717) is 11.5 Å². The lowest BCUT2D eigenvalue weighted by Gasteiger charge is -2.25. The lowest BCUT2D eigenvalue weighted by Crippen LogP contribution is -2.41. The van der Waals surface area contributed by atoms with Crippen LogP contribution in [0, 0.1) is 5.41 Å². The molecule has 3 heteroatoms. The summed E-state index contributed by atoms with van der Waals surface area (Å²) in [7, 11) is 0. The lowest BCUT2D eigenvalue weighted by atomic mass is 9.85. The maximum Gasteiger partial charge on any atom is 0.0694 e. The Morgan fingerprint density at radius 2 is 1.90 bits per heavy atom. The molecule has 10 heavy (non-hydrogen) atoms. The molecule has 1 saturated heterocycles. The third kappa shape index (κ3) is 1.68. The zero-order chi connectivity index (χ0) is 7.78. The van der Waals surface area contributed by atoms with Gasteiger partial charge in [-0.1, -0.05) is 20.8 Å². The topological polar surface area (TPSA) is 50.1 Å². The van der Waals surface area contributed by atoms with Crippen LogP contribution in [0.4, 0.5) is 0 Å². The molecule has 0 bridgehead atoms. The molecule has 0 radical (unpaired) electrons. The van der Waals surface area contributed by atoms with E-state index in [-0.39, 0.29) is 6.17 Å². The third-order valence-electron chi connectivity index (χ3n) is 1.98. The molecule has 60 valence electrons. The molecule has 0 saturated carbocycles. The van der Waals surface area contributed by atoms with E-state index in [4.69, 9.17) is 5.73 Å². The second kappa shape index (κ2) is 2.49. The minimum absolute atomic E-state index is 0.129. The predicted octanol–water partition coefficient (Wildman–Crippen LogP) is 0.184. The molecule has 2 atom stereocenters. The molecule has 2 unspecified atom stereocenters. The Morgan fingerprint density at radius 3 is 2.10 bits per heavy atom. The van der Waals surface area contributed by atoms with Crippen LogP contribution in [0.1, 0.15) is 27.2 Å². The second-order valence-corrected chi connectivity index (χ2v) is 4.05. The molecule has 0 aromatic heterocycles. The van der Waals surface area contributed by atoms with Crippen LogP contribution in [0.2, 0.25) is 0 Å². The van der Waals surface area contributed by atoms with Gasteiger partial charge in [-0.25, -0.2) is 5.43 Å². The Morgan fingerprint density at radius 1 is 1.30 bits per heavy atom. The van der Waals surface area contributed by atoms with Crippen LogP contribution in [0.15, 0.2) is 0 Å². The molecular formula is C7H17N3. The number of hydrogen-bond donors (Lipinski definition) is 3. The Hall–Kier alpha value is -0.120. The van der Waals surface area contributed by atoms with Crippen LogP contribution < -0.4 is 16.6 Å². The summed E-state index contributed by atoms with van der Waals surface area (Å²) in [5.41, 5.74) is 12.1. The number of nitrogens with two attached hydrogens (primary N) is 1. The van der Waals surface area contributed by atoms with Crippen molar-refractivity contribution < 1.29 is 0 Å². The average molecular weight is 143 g/mol. The minimum Gasteiger partial charge on any atom is -0.315 e. The fourth-order valence-electron chi connectivity index (χ4n) is 1.15. The number of nitrogens with one attached hydrogen (secondary N) is 2. The smallest absolute Gasteiger partial charge is 0.0694 e. The third-order valence-corrected chi connectivity index (χ3v) is 1.98. The molecule has 0 spiro atoms. The van der Waals surface area contributed by atoms with Crippen LogP contribution in [0.5, 0.6) is 0 Å². The SMILES string of the molecule is CC(C)(C)C1CC(N)NN1. The quantitative estimate of drug-likeness (QED) is 0.453. The monoisotopic (exact) mass is 143 g/mol. The average Bonchev–Trinajstić information content (AvgIpc) is 2.11. The van der Waals surface area contributed by atoms with Crippen molar-refractivity contribution in [2.45, 2.75) is 39.4 Å². The normalized spacial score (nSPS) is 34.8. The number of hydrogen-bond acceptors (Lipinski definition) is 3. The Balaban J connectivity index is 2.45. The zero-order valence-corrected chi connectivity index (χ0v) is 6.94. The first-order valence-electron chi connectivity index (χ1n) is 3.77. The van der Waals surface area contributed by atoms with E-state index in [9.17, 15) is 0 Å². The molecule has 0 aromatic carbocycles. The van der Waals surface area contributed by atoms with Crippen molar-refractivity contribution in [3.05, 3.63) is 0 Å². The van der Waals surface area contributed by atoms with E-state index in [1.165, 1.54) is 0 Å². The molecule has 1 fully saturated rings. The van der Waals surface area contributed by atoms with Gasteiger partial charge >= 0.3 is 0 Å². The van der Waals surface area contributed by atoms with Gasteiger partial charge in [-0.15, -0.1) is 0 Å². The summed E-state index contributed by atoms with van der Waals surface area (Å²) in [6.07, 6.45) is 1.15. The summed E-state index contributed by atoms with van der Waals surface area (Å²) in [6, 6.07) is 0.502. The van der Waals surface area contributed by atoms with Gasteiger partial charge in [0.05, 0.1) is 6.17 Å². The molecule has 1 aliphatic heterocycles. The van der Waals surface area contributed by atoms with Crippen molar-refractivity contribution in [1.82, 2.24) is 10.9 Å². The Bertz CT molecular complexity index is 117. The fraction of sp³-hybridized carbons (Fsp3) is 1.00. The molecule has 1 rings (SSSR count). The van der Waals surface area contributed by atoms with Gasteiger partial charge < -0.3 is 5.73 Å². The summed E-state index contributed by atoms with van der Waals surface area (Å²) in [5.74, 6) is 0. The maximum absolute atomic E-state index is 5.65. The van der Waals surface area contributed by atoms with Gasteiger partial charge in [-0.2, -0.15) is 0 Å². The van der Waals surface area contributed by atoms with Crippen molar-refractivity contribution in [2.75, 3.05) is 0 Å². The summed E-state index contributed by atoms with van der Waals surface area (Å²) < 4.78 is 0. The highest BCUT2D eigenvalue weighted by molar-refractivity contribution is 4.86. The van der Waals surface area contributed by atoms with Gasteiger partial charge in [0.15, 0.2) is 0 Å². The Labute approximate surface area is 62.3 Å². The van der Waals surface area contributed by atoms with Crippen molar-refractivity contribution in [3.8, 4) is 0 Å². The summed E-state index contributed by atoms with van der Waals surface area (Å²) in [5, 5.41) is 0. The molecule has 0 amide bonds. The highest BCUT2D eigenvalue weighted by Crippen LogP contribution is 2.23. The second-order valence-electron chi connectivity index (χ2n) is 4.05. The summed E-state index contributed by atoms with van der Waals surface area (Å²) in [4.78, 5) is 0. The number of hydrazine groups is 1. The first kappa shape index (κ1) is 7.98. The van der Waals surface area contributed by atoms with Gasteiger partial charge in [0.1, 0.15) is 0 Å². The lowest BCUT2D eigenvalue weighted by molar-refractivity contribution is 0.286. The molecule has 0 aromatic rings. The van der Waals surface area contributed by atoms with E-state index in [1.54, 1.807) is 0 Å². The van der Waals surface area contributed by atoms with Crippen LogP contribution in [-0.4, -0.2) is 12.2 Å². The van der Waals surface area contributed by atoms with Gasteiger partial charge in [0, 0.05) is 6.04 Å². The number of rotatable bonds is 0. The van der Waals surface area contributed by atoms with Crippen LogP contribution in [0.25, 0.3) is 0 Å². The van der Waals surface area contributed by atoms with Crippen LogP contribution in [-0.2, 0) is 0 Å². The molecule has 1 aliphatic rings. The van der Waals surface area contributed by atoms with Crippen molar-refractivity contribution in [2.24, 2.45) is 11.1 Å². The molecule has 1 heterocycles. The minimum atomic E-state index is 0.129. The first-order valence-corrected chi connectivity index (χ1v) is 3.77. The Kier molecular flexibility index (Phi) is 1.99. The predicted molar refractivity (Wildman–Crippen MR) is 42.1 cm³/mol. The molecule has 0 aliphatic carbocycles. The van der Waals surface area contributed by atoms with Crippen molar-refractivity contribution in [3.63, 3.8) is 0 Å². The van der Waals surface area contributed by atoms with E-state index >= 15 is 0 Å². The van der Waals surface area contributed by atoms with E-state index in [1.807, 2.05) is 0 Å². The van der Waals surface area contributed by atoms with E-state index in [0.717, 1.165) is 6.42 Å². The summed E-state index contributed by atoms with van der Waals surface area (Å²) in [6.45, 7) is 6.64. The van der Waals surface area contributed by atoms with Crippen LogP contribution >= 0.6 is 0 Å². The first-order chi connectivity index (χ1) is 4.50. The van der Waals surface area contributed by atoms with Crippen LogP contribution in [0.3, 0.4) is 0 Å². The van der Waals surface area contributed by atoms with Crippen molar-refractivity contribution in [1.29, 1.82) is 0 Å². The molecule has 4 N–H and O–H groups in total. The van der Waals surface area contributed by atoms with E-state index in [2.05, 4.69) is 31.6 Å². The van der Waals surface area contributed by atoms with E-state index < -0.39 is 0 Å². The highest BCUT2D eigenvalue weighted by Gasteiger charge is 2.30. The maximum atomic E-state index is 5.65. The fourth-order valence-corrected chi connectivity index (χ4v) is 1.15. The zero-order valence-electron chi connectivity index (χ0n) is 6.94. The molecule has 3 nitrogen and oxygen atoms in total. The summed E-state index contributed by atoms with van der Waals surface area (Å²) >= 11 is 0. The van der Waals surface area contributed by atoms with Gasteiger partial charge in [-0.3, -0.25) is 5.43 Å². The largest absolute Gasteiger partial charge is 0.315 e. The standard InChI is InChI=1S/C7H17N3/c1-7(2,3)5-4-6(8)10-9-5/h5-6,9-10H,4,8H2,1-3H3.